The minimum absolute atomic E-state index is 0.213. The number of aromatic nitrogens is 1. The summed E-state index contributed by atoms with van der Waals surface area (Å²) in [4.78, 5) is 16.6. The van der Waals surface area contributed by atoms with Gasteiger partial charge in [-0.15, -0.1) is 0 Å². The van der Waals surface area contributed by atoms with Crippen LogP contribution in [-0.2, 0) is 4.79 Å². The highest BCUT2D eigenvalue weighted by atomic mass is 16.7. The fourth-order valence-electron chi connectivity index (χ4n) is 2.67. The first-order valence-corrected chi connectivity index (χ1v) is 8.44. The van der Waals surface area contributed by atoms with E-state index in [-0.39, 0.29) is 12.7 Å². The molecule has 0 unspecified atom stereocenters. The molecule has 136 valence electrons. The molecule has 3 aromatic rings. The molecule has 0 saturated carbocycles. The molecule has 0 saturated heterocycles. The van der Waals surface area contributed by atoms with Crippen LogP contribution in [0.15, 0.2) is 59.8 Å². The second-order valence-electron chi connectivity index (χ2n) is 5.94. The summed E-state index contributed by atoms with van der Waals surface area (Å²) in [7, 11) is 0. The third-order valence-electron chi connectivity index (χ3n) is 4.05. The average molecular weight is 363 g/mol. The first-order chi connectivity index (χ1) is 13.2. The summed E-state index contributed by atoms with van der Waals surface area (Å²) in [6.07, 6.45) is 2.49. The maximum absolute atomic E-state index is 12.2. The lowest BCUT2D eigenvalue weighted by atomic mass is 10.2. The van der Waals surface area contributed by atoms with Crippen LogP contribution in [0.1, 0.15) is 12.5 Å². The Balaban J connectivity index is 1.39. The number of para-hydroxylation sites is 1. The highest BCUT2D eigenvalue weighted by Crippen LogP contribution is 2.32. The number of hydrazone groups is 1. The normalized spacial score (nSPS) is 13.7. The number of ether oxygens (including phenoxy) is 3. The van der Waals surface area contributed by atoms with E-state index in [0.29, 0.717) is 22.8 Å². The molecule has 1 amide bonds. The second kappa shape index (κ2) is 7.33. The van der Waals surface area contributed by atoms with Crippen molar-refractivity contribution in [3.8, 4) is 17.2 Å². The van der Waals surface area contributed by atoms with E-state index in [0.717, 1.165) is 10.9 Å². The monoisotopic (exact) mass is 363 g/mol. The van der Waals surface area contributed by atoms with Crippen LogP contribution in [0.5, 0.6) is 17.2 Å². The quantitative estimate of drug-likeness (QED) is 0.557. The zero-order valence-electron chi connectivity index (χ0n) is 14.6. The van der Waals surface area contributed by atoms with Gasteiger partial charge in [0, 0.05) is 11.6 Å². The number of pyridine rings is 1. The number of rotatable bonds is 5. The zero-order valence-corrected chi connectivity index (χ0v) is 14.6. The molecule has 4 rings (SSSR count). The van der Waals surface area contributed by atoms with E-state index in [1.54, 1.807) is 31.3 Å². The number of amides is 1. The van der Waals surface area contributed by atoms with Crippen molar-refractivity contribution in [2.75, 3.05) is 6.79 Å². The van der Waals surface area contributed by atoms with Gasteiger partial charge in [-0.2, -0.15) is 5.10 Å². The van der Waals surface area contributed by atoms with Crippen molar-refractivity contribution >= 4 is 23.0 Å². The predicted molar refractivity (Wildman–Crippen MR) is 100 cm³/mol. The van der Waals surface area contributed by atoms with Gasteiger partial charge in [0.05, 0.1) is 6.21 Å². The minimum atomic E-state index is -0.730. The molecule has 1 aromatic heterocycles. The zero-order chi connectivity index (χ0) is 18.6. The van der Waals surface area contributed by atoms with Crippen molar-refractivity contribution < 1.29 is 19.0 Å². The van der Waals surface area contributed by atoms with Gasteiger partial charge in [-0.3, -0.25) is 9.78 Å². The molecule has 7 nitrogen and oxygen atoms in total. The van der Waals surface area contributed by atoms with Crippen LogP contribution in [0.25, 0.3) is 10.9 Å². The van der Waals surface area contributed by atoms with Gasteiger partial charge in [-0.25, -0.2) is 5.43 Å². The Morgan fingerprint density at radius 2 is 2.07 bits per heavy atom. The molecule has 2 heterocycles. The molecule has 2 aromatic carbocycles. The van der Waals surface area contributed by atoms with Crippen molar-refractivity contribution in [1.82, 2.24) is 10.4 Å². The fourth-order valence-corrected chi connectivity index (χ4v) is 2.67. The number of carbonyl (C=O) groups excluding carboxylic acids is 1. The van der Waals surface area contributed by atoms with Crippen LogP contribution < -0.4 is 19.6 Å². The summed E-state index contributed by atoms with van der Waals surface area (Å²) in [5.74, 6) is 1.54. The molecule has 27 heavy (non-hydrogen) atoms. The Morgan fingerprint density at radius 1 is 1.22 bits per heavy atom. The summed E-state index contributed by atoms with van der Waals surface area (Å²) in [5, 5.41) is 4.92. The number of hydrogen-bond donors (Lipinski definition) is 1. The molecule has 0 spiro atoms. The van der Waals surface area contributed by atoms with E-state index in [9.17, 15) is 4.79 Å². The lowest BCUT2D eigenvalue weighted by Crippen LogP contribution is -2.33. The molecule has 1 N–H and O–H groups in total. The van der Waals surface area contributed by atoms with Crippen LogP contribution in [-0.4, -0.2) is 30.0 Å². The first kappa shape index (κ1) is 16.8. The van der Waals surface area contributed by atoms with E-state index < -0.39 is 6.10 Å². The molecule has 0 bridgehead atoms. The Bertz CT molecular complexity index is 1010. The van der Waals surface area contributed by atoms with Gasteiger partial charge in [0.25, 0.3) is 5.91 Å². The van der Waals surface area contributed by atoms with E-state index >= 15 is 0 Å². The predicted octanol–water partition coefficient (Wildman–Crippen LogP) is 2.88. The highest BCUT2D eigenvalue weighted by molar-refractivity contribution is 5.87. The smallest absolute Gasteiger partial charge is 0.280 e. The fraction of sp³-hybridized carbons (Fsp3) is 0.150. The molecular weight excluding hydrogens is 346 g/mol. The Kier molecular flexibility index (Phi) is 4.57. The lowest BCUT2D eigenvalue weighted by molar-refractivity contribution is -0.127. The lowest BCUT2D eigenvalue weighted by Gasteiger charge is -2.14. The number of hydrogen-bond acceptors (Lipinski definition) is 6. The number of nitrogens with one attached hydrogen (secondary N) is 1. The maximum atomic E-state index is 12.2. The van der Waals surface area contributed by atoms with Gasteiger partial charge < -0.3 is 14.2 Å². The third-order valence-corrected chi connectivity index (χ3v) is 4.05. The van der Waals surface area contributed by atoms with Crippen molar-refractivity contribution in [3.05, 3.63) is 60.3 Å². The molecule has 7 heteroatoms. The van der Waals surface area contributed by atoms with Crippen LogP contribution >= 0.6 is 0 Å². The summed E-state index contributed by atoms with van der Waals surface area (Å²) < 4.78 is 16.3. The van der Waals surface area contributed by atoms with Gasteiger partial charge in [-0.05, 0) is 42.8 Å². The van der Waals surface area contributed by atoms with Crippen molar-refractivity contribution in [2.45, 2.75) is 13.0 Å². The molecule has 1 aliphatic rings. The van der Waals surface area contributed by atoms with Crippen LogP contribution in [0, 0.1) is 0 Å². The number of benzene rings is 2. The van der Waals surface area contributed by atoms with E-state index in [2.05, 4.69) is 15.5 Å². The van der Waals surface area contributed by atoms with Crippen molar-refractivity contribution in [2.24, 2.45) is 5.10 Å². The highest BCUT2D eigenvalue weighted by Gasteiger charge is 2.16. The Morgan fingerprint density at radius 3 is 3.00 bits per heavy atom. The number of nitrogens with zero attached hydrogens (tertiary/aromatic N) is 2. The van der Waals surface area contributed by atoms with Crippen molar-refractivity contribution in [3.63, 3.8) is 0 Å². The SMILES string of the molecule is C[C@@H](Oc1cccc2cccnc12)C(=O)N/N=C\c1ccc2c(c1)OCO2. The summed E-state index contributed by atoms with van der Waals surface area (Å²) in [6.45, 7) is 1.87. The van der Waals surface area contributed by atoms with Gasteiger partial charge >= 0.3 is 0 Å². The van der Waals surface area contributed by atoms with E-state index in [1.807, 2.05) is 30.3 Å². The Labute approximate surface area is 155 Å². The van der Waals surface area contributed by atoms with Crippen LogP contribution in [0.2, 0.25) is 0 Å². The van der Waals surface area contributed by atoms with Gasteiger partial charge in [0.2, 0.25) is 6.79 Å². The largest absolute Gasteiger partial charge is 0.479 e. The van der Waals surface area contributed by atoms with Gasteiger partial charge in [-0.1, -0.05) is 18.2 Å². The number of fused-ring (bicyclic) bond motifs is 2. The molecule has 1 atom stereocenters. The minimum Gasteiger partial charge on any atom is -0.479 e. The Hall–Kier alpha value is -3.61. The molecule has 0 radical (unpaired) electrons. The van der Waals surface area contributed by atoms with E-state index in [1.165, 1.54) is 6.21 Å². The van der Waals surface area contributed by atoms with Gasteiger partial charge in [0.1, 0.15) is 11.3 Å². The topological polar surface area (TPSA) is 82.0 Å². The summed E-state index contributed by atoms with van der Waals surface area (Å²) >= 11 is 0. The molecule has 0 aliphatic carbocycles. The van der Waals surface area contributed by atoms with E-state index in [4.69, 9.17) is 14.2 Å². The van der Waals surface area contributed by atoms with Gasteiger partial charge in [0.15, 0.2) is 17.6 Å². The van der Waals surface area contributed by atoms with Crippen LogP contribution in [0.3, 0.4) is 0 Å². The maximum Gasteiger partial charge on any atom is 0.280 e. The number of carbonyl (C=O) groups is 1. The molecular formula is C20H17N3O4. The first-order valence-electron chi connectivity index (χ1n) is 8.44. The van der Waals surface area contributed by atoms with Crippen LogP contribution in [0.4, 0.5) is 0 Å². The molecule has 0 fully saturated rings. The van der Waals surface area contributed by atoms with Crippen molar-refractivity contribution in [1.29, 1.82) is 0 Å². The summed E-state index contributed by atoms with van der Waals surface area (Å²) in [6, 6.07) is 14.8. The third kappa shape index (κ3) is 3.67. The standard InChI is InChI=1S/C20H17N3O4/c1-13(27-17-6-2-4-15-5-3-9-21-19(15)17)20(24)23-22-11-14-7-8-16-18(10-14)26-12-25-16/h2-11,13H,12H2,1H3,(H,23,24)/b22-11-/t13-/m1/s1. The summed E-state index contributed by atoms with van der Waals surface area (Å²) in [5.41, 5.74) is 3.98. The second-order valence-corrected chi connectivity index (χ2v) is 5.94. The average Bonchev–Trinajstić information content (AvgIpc) is 3.16. The molecule has 1 aliphatic heterocycles.